The average molecular weight is 326 g/mol. The van der Waals surface area contributed by atoms with Crippen molar-refractivity contribution < 1.29 is 27.1 Å². The zero-order valence-electron chi connectivity index (χ0n) is 12.4. The molecule has 0 aliphatic carbocycles. The lowest BCUT2D eigenvalue weighted by atomic mass is 10.0. The van der Waals surface area contributed by atoms with E-state index in [1.165, 1.54) is 12.1 Å². The summed E-state index contributed by atoms with van der Waals surface area (Å²) in [5, 5.41) is 0. The molecule has 0 atom stereocenters. The topological polar surface area (TPSA) is 26.3 Å². The molecular formula is C17H14F4O2. The number of halogens is 4. The van der Waals surface area contributed by atoms with E-state index in [2.05, 4.69) is 0 Å². The normalized spacial score (nSPS) is 11.6. The molecule has 0 aromatic heterocycles. The molecule has 0 radical (unpaired) electrons. The van der Waals surface area contributed by atoms with E-state index in [9.17, 15) is 22.4 Å². The molecule has 2 nitrogen and oxygen atoms in total. The van der Waals surface area contributed by atoms with Crippen LogP contribution in [0.5, 0.6) is 5.75 Å². The number of hydrogen-bond donors (Lipinski definition) is 0. The largest absolute Gasteiger partial charge is 0.423 e. The molecule has 0 saturated carbocycles. The first-order valence-electron chi connectivity index (χ1n) is 6.87. The highest BCUT2D eigenvalue weighted by Gasteiger charge is 2.32. The van der Waals surface area contributed by atoms with Gasteiger partial charge in [-0.3, -0.25) is 0 Å². The van der Waals surface area contributed by atoms with Gasteiger partial charge in [0.1, 0.15) is 11.6 Å². The van der Waals surface area contributed by atoms with E-state index in [4.69, 9.17) is 4.74 Å². The van der Waals surface area contributed by atoms with Gasteiger partial charge in [-0.1, -0.05) is 26.0 Å². The molecule has 0 bridgehead atoms. The zero-order chi connectivity index (χ0) is 17.2. The number of ether oxygens (including phenoxy) is 1. The SMILES string of the molecule is CC(C)c1ccc(OC(=O)c2cc(C(F)(F)F)ccc2F)cc1. The van der Waals surface area contributed by atoms with Gasteiger partial charge in [-0.15, -0.1) is 0 Å². The number of hydrogen-bond acceptors (Lipinski definition) is 2. The van der Waals surface area contributed by atoms with Crippen LogP contribution in [0.25, 0.3) is 0 Å². The number of carbonyl (C=O) groups excluding carboxylic acids is 1. The minimum absolute atomic E-state index is 0.135. The second-order valence-corrected chi connectivity index (χ2v) is 5.31. The first-order chi connectivity index (χ1) is 10.7. The Balaban J connectivity index is 2.23. The maximum atomic E-state index is 13.6. The van der Waals surface area contributed by atoms with E-state index in [1.807, 2.05) is 13.8 Å². The molecule has 0 heterocycles. The van der Waals surface area contributed by atoms with Crippen molar-refractivity contribution in [3.8, 4) is 5.75 Å². The molecule has 0 unspecified atom stereocenters. The van der Waals surface area contributed by atoms with Gasteiger partial charge in [0.2, 0.25) is 0 Å². The fraction of sp³-hybridized carbons (Fsp3) is 0.235. The van der Waals surface area contributed by atoms with Crippen molar-refractivity contribution in [2.75, 3.05) is 0 Å². The Kier molecular flexibility index (Phi) is 4.73. The Morgan fingerprint density at radius 1 is 1.04 bits per heavy atom. The first kappa shape index (κ1) is 17.0. The highest BCUT2D eigenvalue weighted by molar-refractivity contribution is 5.91. The van der Waals surface area contributed by atoms with Crippen molar-refractivity contribution in [2.45, 2.75) is 25.9 Å². The van der Waals surface area contributed by atoms with Crippen LogP contribution >= 0.6 is 0 Å². The fourth-order valence-corrected chi connectivity index (χ4v) is 1.94. The number of rotatable bonds is 3. The van der Waals surface area contributed by atoms with Crippen LogP contribution in [0.1, 0.15) is 41.3 Å². The van der Waals surface area contributed by atoms with Crippen LogP contribution in [0.15, 0.2) is 42.5 Å². The Morgan fingerprint density at radius 3 is 2.17 bits per heavy atom. The zero-order valence-corrected chi connectivity index (χ0v) is 12.4. The summed E-state index contributed by atoms with van der Waals surface area (Å²) in [7, 11) is 0. The summed E-state index contributed by atoms with van der Waals surface area (Å²) < 4.78 is 56.5. The Bertz CT molecular complexity index is 704. The van der Waals surface area contributed by atoms with Gasteiger partial charge in [-0.05, 0) is 41.8 Å². The third-order valence-electron chi connectivity index (χ3n) is 3.27. The van der Waals surface area contributed by atoms with E-state index in [0.29, 0.717) is 18.2 Å². The lowest BCUT2D eigenvalue weighted by Crippen LogP contribution is -2.13. The molecule has 23 heavy (non-hydrogen) atoms. The Morgan fingerprint density at radius 2 is 1.65 bits per heavy atom. The van der Waals surface area contributed by atoms with Gasteiger partial charge in [-0.25, -0.2) is 9.18 Å². The monoisotopic (exact) mass is 326 g/mol. The van der Waals surface area contributed by atoms with Crippen LogP contribution < -0.4 is 4.74 Å². The van der Waals surface area contributed by atoms with Crippen LogP contribution in [0.2, 0.25) is 0 Å². The Hall–Kier alpha value is -2.37. The molecule has 2 rings (SSSR count). The van der Waals surface area contributed by atoms with E-state index < -0.39 is 29.1 Å². The van der Waals surface area contributed by atoms with E-state index >= 15 is 0 Å². The molecule has 2 aromatic rings. The minimum Gasteiger partial charge on any atom is -0.423 e. The van der Waals surface area contributed by atoms with Crippen LogP contribution in [0, 0.1) is 5.82 Å². The molecule has 0 amide bonds. The third kappa shape index (κ3) is 4.09. The highest BCUT2D eigenvalue weighted by atomic mass is 19.4. The quantitative estimate of drug-likeness (QED) is 0.441. The van der Waals surface area contributed by atoms with Crippen LogP contribution in [-0.4, -0.2) is 5.97 Å². The molecule has 0 fully saturated rings. The number of alkyl halides is 3. The smallest absolute Gasteiger partial charge is 0.416 e. The lowest BCUT2D eigenvalue weighted by molar-refractivity contribution is -0.137. The highest BCUT2D eigenvalue weighted by Crippen LogP contribution is 2.30. The predicted octanol–water partition coefficient (Wildman–Crippen LogP) is 5.19. The molecule has 0 N–H and O–H groups in total. The van der Waals surface area contributed by atoms with Crippen molar-refractivity contribution in [2.24, 2.45) is 0 Å². The van der Waals surface area contributed by atoms with Crippen molar-refractivity contribution in [1.29, 1.82) is 0 Å². The van der Waals surface area contributed by atoms with E-state index in [0.717, 1.165) is 5.56 Å². The standard InChI is InChI=1S/C17H14F4O2/c1-10(2)11-3-6-13(7-4-11)23-16(22)14-9-12(17(19,20)21)5-8-15(14)18/h3-10H,1-2H3. The summed E-state index contributed by atoms with van der Waals surface area (Å²) in [4.78, 5) is 11.9. The van der Waals surface area contributed by atoms with Gasteiger partial charge in [-0.2, -0.15) is 13.2 Å². The van der Waals surface area contributed by atoms with Gasteiger partial charge in [0, 0.05) is 0 Å². The summed E-state index contributed by atoms with van der Waals surface area (Å²) >= 11 is 0. The van der Waals surface area contributed by atoms with E-state index in [1.54, 1.807) is 12.1 Å². The Labute approximate surface area is 130 Å². The molecule has 2 aromatic carbocycles. The number of esters is 1. The molecule has 6 heteroatoms. The van der Waals surface area contributed by atoms with Crippen LogP contribution in [-0.2, 0) is 6.18 Å². The molecular weight excluding hydrogens is 312 g/mol. The van der Waals surface area contributed by atoms with Gasteiger partial charge in [0.15, 0.2) is 0 Å². The van der Waals surface area contributed by atoms with Gasteiger partial charge >= 0.3 is 12.1 Å². The maximum Gasteiger partial charge on any atom is 0.416 e. The second-order valence-electron chi connectivity index (χ2n) is 5.31. The lowest BCUT2D eigenvalue weighted by Gasteiger charge is -2.10. The van der Waals surface area contributed by atoms with Crippen molar-refractivity contribution in [1.82, 2.24) is 0 Å². The molecule has 122 valence electrons. The summed E-state index contributed by atoms with van der Waals surface area (Å²) in [6.45, 7) is 3.97. The van der Waals surface area contributed by atoms with Crippen molar-refractivity contribution >= 4 is 5.97 Å². The van der Waals surface area contributed by atoms with Gasteiger partial charge in [0.05, 0.1) is 11.1 Å². The summed E-state index contributed by atoms with van der Waals surface area (Å²) in [6, 6.07) is 8.11. The van der Waals surface area contributed by atoms with Gasteiger partial charge in [0.25, 0.3) is 0 Å². The fourth-order valence-electron chi connectivity index (χ4n) is 1.94. The van der Waals surface area contributed by atoms with E-state index in [-0.39, 0.29) is 11.7 Å². The molecule has 0 spiro atoms. The average Bonchev–Trinajstić information content (AvgIpc) is 2.46. The summed E-state index contributed by atoms with van der Waals surface area (Å²) in [5.41, 5.74) is -0.858. The summed E-state index contributed by atoms with van der Waals surface area (Å²) in [5.74, 6) is -1.83. The van der Waals surface area contributed by atoms with Crippen molar-refractivity contribution in [3.63, 3.8) is 0 Å². The number of benzene rings is 2. The molecule has 0 aliphatic rings. The second kappa shape index (κ2) is 6.40. The predicted molar refractivity (Wildman–Crippen MR) is 76.9 cm³/mol. The van der Waals surface area contributed by atoms with Gasteiger partial charge < -0.3 is 4.74 Å². The molecule has 0 saturated heterocycles. The van der Waals surface area contributed by atoms with Crippen LogP contribution in [0.3, 0.4) is 0 Å². The van der Waals surface area contributed by atoms with Crippen LogP contribution in [0.4, 0.5) is 17.6 Å². The third-order valence-corrected chi connectivity index (χ3v) is 3.27. The first-order valence-corrected chi connectivity index (χ1v) is 6.87. The summed E-state index contributed by atoms with van der Waals surface area (Å²) in [6.07, 6.45) is -4.67. The minimum atomic E-state index is -4.67. The van der Waals surface area contributed by atoms with Crippen molar-refractivity contribution in [3.05, 3.63) is 65.0 Å². The maximum absolute atomic E-state index is 13.6. The molecule has 0 aliphatic heterocycles. The number of carbonyl (C=O) groups is 1.